The number of nitrogens with one attached hydrogen (secondary N) is 2. The van der Waals surface area contributed by atoms with E-state index in [4.69, 9.17) is 4.74 Å². The number of carbonyl (C=O) groups excluding carboxylic acids is 2. The average molecular weight is 371 g/mol. The highest BCUT2D eigenvalue weighted by Gasteiger charge is 2.13. The first-order valence-electron chi connectivity index (χ1n) is 8.47. The molecule has 2 amide bonds. The summed E-state index contributed by atoms with van der Waals surface area (Å²) >= 11 is 0. The Morgan fingerprint density at radius 1 is 1.11 bits per heavy atom. The molecule has 0 aliphatic carbocycles. The number of benzene rings is 2. The van der Waals surface area contributed by atoms with Crippen molar-refractivity contribution in [2.75, 3.05) is 6.61 Å². The summed E-state index contributed by atoms with van der Waals surface area (Å²) in [6.07, 6.45) is 0.942. The number of para-hydroxylation sites is 1. The molecule has 0 radical (unpaired) electrons. The van der Waals surface area contributed by atoms with Crippen molar-refractivity contribution in [3.05, 3.63) is 69.8 Å². The standard InChI is InChI=1S/C19H21N3O5/c1-3-13(2)16-6-4-5-7-17(16)27-12-18(23)20-21-19(24)14-8-10-15(11-9-14)22(25)26/h4-11,13H,3,12H2,1-2H3,(H,20,23)(H,21,24). The SMILES string of the molecule is CCC(C)c1ccccc1OCC(=O)NNC(=O)c1ccc([N+](=O)[O-])cc1. The van der Waals surface area contributed by atoms with E-state index in [0.717, 1.165) is 12.0 Å². The lowest BCUT2D eigenvalue weighted by Gasteiger charge is -2.15. The maximum atomic E-state index is 12.0. The van der Waals surface area contributed by atoms with E-state index in [0.29, 0.717) is 11.7 Å². The predicted molar refractivity (Wildman–Crippen MR) is 99.3 cm³/mol. The van der Waals surface area contributed by atoms with Crippen molar-refractivity contribution in [1.82, 2.24) is 10.9 Å². The van der Waals surface area contributed by atoms with Crippen molar-refractivity contribution in [2.45, 2.75) is 26.2 Å². The van der Waals surface area contributed by atoms with Gasteiger partial charge < -0.3 is 4.74 Å². The second kappa shape index (κ2) is 9.33. The number of ether oxygens (including phenoxy) is 1. The summed E-state index contributed by atoms with van der Waals surface area (Å²) < 4.78 is 5.56. The van der Waals surface area contributed by atoms with Crippen LogP contribution in [0.25, 0.3) is 0 Å². The van der Waals surface area contributed by atoms with Crippen LogP contribution in [0, 0.1) is 10.1 Å². The third-order valence-electron chi connectivity index (χ3n) is 4.08. The summed E-state index contributed by atoms with van der Waals surface area (Å²) in [6.45, 7) is 3.89. The smallest absolute Gasteiger partial charge is 0.276 e. The third-order valence-corrected chi connectivity index (χ3v) is 4.08. The van der Waals surface area contributed by atoms with Crippen LogP contribution in [-0.2, 0) is 4.79 Å². The molecule has 1 atom stereocenters. The molecule has 2 rings (SSSR count). The molecule has 0 aliphatic rings. The van der Waals surface area contributed by atoms with E-state index in [1.807, 2.05) is 18.2 Å². The van der Waals surface area contributed by atoms with Gasteiger partial charge in [-0.15, -0.1) is 0 Å². The lowest BCUT2D eigenvalue weighted by molar-refractivity contribution is -0.384. The van der Waals surface area contributed by atoms with E-state index < -0.39 is 16.7 Å². The molecular formula is C19H21N3O5. The number of nitro benzene ring substituents is 1. The van der Waals surface area contributed by atoms with E-state index in [1.165, 1.54) is 24.3 Å². The molecule has 142 valence electrons. The van der Waals surface area contributed by atoms with Gasteiger partial charge in [0.05, 0.1) is 4.92 Å². The first kappa shape index (κ1) is 19.9. The molecule has 2 aromatic rings. The van der Waals surface area contributed by atoms with Gasteiger partial charge >= 0.3 is 0 Å². The van der Waals surface area contributed by atoms with E-state index in [9.17, 15) is 19.7 Å². The molecule has 8 heteroatoms. The Hall–Kier alpha value is -3.42. The zero-order valence-electron chi connectivity index (χ0n) is 15.1. The number of hydrogen-bond acceptors (Lipinski definition) is 5. The fourth-order valence-corrected chi connectivity index (χ4v) is 2.35. The van der Waals surface area contributed by atoms with Crippen LogP contribution in [0.2, 0.25) is 0 Å². The van der Waals surface area contributed by atoms with E-state index in [-0.39, 0.29) is 17.9 Å². The second-order valence-electron chi connectivity index (χ2n) is 5.94. The van der Waals surface area contributed by atoms with Gasteiger partial charge in [-0.3, -0.25) is 30.6 Å². The molecule has 1 unspecified atom stereocenters. The maximum absolute atomic E-state index is 12.0. The van der Waals surface area contributed by atoms with Crippen LogP contribution in [0.4, 0.5) is 5.69 Å². The highest BCUT2D eigenvalue weighted by Crippen LogP contribution is 2.28. The van der Waals surface area contributed by atoms with Crippen molar-refractivity contribution in [3.8, 4) is 5.75 Å². The lowest BCUT2D eigenvalue weighted by atomic mass is 9.98. The number of carbonyl (C=O) groups is 2. The molecular weight excluding hydrogens is 350 g/mol. The molecule has 0 fully saturated rings. The Kier molecular flexibility index (Phi) is 6.87. The fraction of sp³-hybridized carbons (Fsp3) is 0.263. The largest absolute Gasteiger partial charge is 0.483 e. The van der Waals surface area contributed by atoms with Crippen molar-refractivity contribution in [1.29, 1.82) is 0 Å². The summed E-state index contributed by atoms with van der Waals surface area (Å²) in [5.41, 5.74) is 5.58. The maximum Gasteiger partial charge on any atom is 0.276 e. The number of rotatable bonds is 7. The first-order valence-corrected chi connectivity index (χ1v) is 8.47. The predicted octanol–water partition coefficient (Wildman–Crippen LogP) is 2.95. The molecule has 0 bridgehead atoms. The Balaban J connectivity index is 1.86. The summed E-state index contributed by atoms with van der Waals surface area (Å²) in [6, 6.07) is 12.5. The van der Waals surface area contributed by atoms with Crippen molar-refractivity contribution >= 4 is 17.5 Å². The van der Waals surface area contributed by atoms with Crippen LogP contribution >= 0.6 is 0 Å². The minimum atomic E-state index is -0.585. The van der Waals surface area contributed by atoms with E-state index >= 15 is 0 Å². The summed E-state index contributed by atoms with van der Waals surface area (Å²) in [4.78, 5) is 33.9. The van der Waals surface area contributed by atoms with Gasteiger partial charge in [0.1, 0.15) is 5.75 Å². The van der Waals surface area contributed by atoms with Crippen LogP contribution in [0.5, 0.6) is 5.75 Å². The number of hydrazine groups is 1. The van der Waals surface area contributed by atoms with Crippen LogP contribution in [-0.4, -0.2) is 23.3 Å². The van der Waals surface area contributed by atoms with Crippen molar-refractivity contribution in [3.63, 3.8) is 0 Å². The van der Waals surface area contributed by atoms with Gasteiger partial charge in [-0.1, -0.05) is 32.0 Å². The van der Waals surface area contributed by atoms with Crippen LogP contribution in [0.3, 0.4) is 0 Å². The third kappa shape index (κ3) is 5.53. The number of hydrogen-bond donors (Lipinski definition) is 2. The summed E-state index contributed by atoms with van der Waals surface area (Å²) in [7, 11) is 0. The summed E-state index contributed by atoms with van der Waals surface area (Å²) in [5.74, 6) is -0.183. The summed E-state index contributed by atoms with van der Waals surface area (Å²) in [5, 5.41) is 10.6. The van der Waals surface area contributed by atoms with Gasteiger partial charge in [0, 0.05) is 17.7 Å². The average Bonchev–Trinajstić information content (AvgIpc) is 2.70. The van der Waals surface area contributed by atoms with Crippen LogP contribution in [0.15, 0.2) is 48.5 Å². The molecule has 0 aromatic heterocycles. The Morgan fingerprint density at radius 3 is 2.41 bits per heavy atom. The topological polar surface area (TPSA) is 111 Å². The van der Waals surface area contributed by atoms with Crippen LogP contribution in [0.1, 0.15) is 42.1 Å². The zero-order valence-corrected chi connectivity index (χ0v) is 15.1. The molecule has 0 aliphatic heterocycles. The lowest BCUT2D eigenvalue weighted by Crippen LogP contribution is -2.43. The molecule has 8 nitrogen and oxygen atoms in total. The van der Waals surface area contributed by atoms with Gasteiger partial charge in [0.2, 0.25) is 0 Å². The van der Waals surface area contributed by atoms with Crippen molar-refractivity contribution < 1.29 is 19.2 Å². The quantitative estimate of drug-likeness (QED) is 0.574. The number of nitrogens with zero attached hydrogens (tertiary/aromatic N) is 1. The molecule has 2 aromatic carbocycles. The first-order chi connectivity index (χ1) is 12.9. The Bertz CT molecular complexity index is 820. The normalized spacial score (nSPS) is 11.3. The zero-order chi connectivity index (χ0) is 19.8. The van der Waals surface area contributed by atoms with Gasteiger partial charge in [-0.2, -0.15) is 0 Å². The molecule has 2 N–H and O–H groups in total. The van der Waals surface area contributed by atoms with Gasteiger partial charge in [-0.05, 0) is 36.1 Å². The Labute approximate surface area is 156 Å². The minimum Gasteiger partial charge on any atom is -0.483 e. The highest BCUT2D eigenvalue weighted by atomic mass is 16.6. The second-order valence-corrected chi connectivity index (χ2v) is 5.94. The van der Waals surface area contributed by atoms with E-state index in [2.05, 4.69) is 24.7 Å². The monoisotopic (exact) mass is 371 g/mol. The number of amides is 2. The minimum absolute atomic E-state index is 0.121. The Morgan fingerprint density at radius 2 is 1.78 bits per heavy atom. The number of nitro groups is 1. The highest BCUT2D eigenvalue weighted by molar-refractivity contribution is 5.95. The molecule has 0 spiro atoms. The van der Waals surface area contributed by atoms with Gasteiger partial charge in [0.15, 0.2) is 6.61 Å². The molecule has 0 heterocycles. The van der Waals surface area contributed by atoms with Gasteiger partial charge in [-0.25, -0.2) is 0 Å². The molecule has 0 saturated heterocycles. The molecule has 0 saturated carbocycles. The van der Waals surface area contributed by atoms with Gasteiger partial charge in [0.25, 0.3) is 17.5 Å². The number of non-ortho nitro benzene ring substituents is 1. The van der Waals surface area contributed by atoms with E-state index in [1.54, 1.807) is 6.07 Å². The van der Waals surface area contributed by atoms with Crippen molar-refractivity contribution in [2.24, 2.45) is 0 Å². The molecule has 27 heavy (non-hydrogen) atoms. The van der Waals surface area contributed by atoms with Crippen LogP contribution < -0.4 is 15.6 Å². The fourth-order valence-electron chi connectivity index (χ4n) is 2.35.